The number of ether oxygens (including phenoxy) is 2. The quantitative estimate of drug-likeness (QED) is 0.633. The van der Waals surface area contributed by atoms with E-state index in [-0.39, 0.29) is 11.8 Å². The lowest BCUT2D eigenvalue weighted by atomic mass is 10.1. The van der Waals surface area contributed by atoms with E-state index in [1.165, 1.54) is 6.07 Å². The zero-order valence-electron chi connectivity index (χ0n) is 18.8. The molecule has 0 unspecified atom stereocenters. The maximum Gasteiger partial charge on any atom is 0.321 e. The number of nitrogens with zero attached hydrogens (tertiary/aromatic N) is 4. The average molecular weight is 452 g/mol. The molecule has 1 saturated heterocycles. The van der Waals surface area contributed by atoms with E-state index in [0.29, 0.717) is 48.9 Å². The zero-order valence-corrected chi connectivity index (χ0v) is 18.8. The number of urea groups is 1. The van der Waals surface area contributed by atoms with Gasteiger partial charge in [0.25, 0.3) is 0 Å². The first kappa shape index (κ1) is 22.3. The molecule has 2 amide bonds. The van der Waals surface area contributed by atoms with Gasteiger partial charge >= 0.3 is 6.03 Å². The molecule has 1 aromatic heterocycles. The number of carbonyl (C=O) groups excluding carboxylic acids is 1. The van der Waals surface area contributed by atoms with Crippen LogP contribution in [0, 0.1) is 12.7 Å². The molecule has 0 radical (unpaired) electrons. The monoisotopic (exact) mass is 451 g/mol. The number of aromatic nitrogens is 2. The lowest BCUT2D eigenvalue weighted by molar-refractivity contribution is 0.208. The predicted molar refractivity (Wildman–Crippen MR) is 125 cm³/mol. The molecule has 1 N–H and O–H groups in total. The number of amides is 2. The van der Waals surface area contributed by atoms with Gasteiger partial charge in [0.2, 0.25) is 0 Å². The zero-order chi connectivity index (χ0) is 23.4. The molecule has 1 aliphatic heterocycles. The Kier molecular flexibility index (Phi) is 6.58. The Morgan fingerprint density at radius 2 is 1.70 bits per heavy atom. The van der Waals surface area contributed by atoms with Crippen molar-refractivity contribution in [2.75, 3.05) is 50.6 Å². The highest BCUT2D eigenvalue weighted by Crippen LogP contribution is 2.31. The molecule has 33 heavy (non-hydrogen) atoms. The first-order valence-electron chi connectivity index (χ1n) is 10.6. The van der Waals surface area contributed by atoms with Crippen molar-refractivity contribution in [3.05, 3.63) is 59.9 Å². The van der Waals surface area contributed by atoms with Crippen LogP contribution in [0.5, 0.6) is 11.5 Å². The number of benzene rings is 2. The van der Waals surface area contributed by atoms with Crippen molar-refractivity contribution >= 4 is 17.5 Å². The summed E-state index contributed by atoms with van der Waals surface area (Å²) in [5.41, 5.74) is 2.59. The van der Waals surface area contributed by atoms with Crippen molar-refractivity contribution in [1.29, 1.82) is 0 Å². The Balaban J connectivity index is 1.36. The third-order valence-corrected chi connectivity index (χ3v) is 5.64. The number of rotatable bonds is 5. The van der Waals surface area contributed by atoms with Gasteiger partial charge in [-0.05, 0) is 55.0 Å². The van der Waals surface area contributed by atoms with Gasteiger partial charge in [0, 0.05) is 37.4 Å². The summed E-state index contributed by atoms with van der Waals surface area (Å²) in [6.45, 7) is 3.99. The second-order valence-electron chi connectivity index (χ2n) is 7.71. The van der Waals surface area contributed by atoms with Crippen LogP contribution in [0.3, 0.4) is 0 Å². The first-order valence-corrected chi connectivity index (χ1v) is 10.6. The fourth-order valence-electron chi connectivity index (χ4n) is 3.66. The fourth-order valence-corrected chi connectivity index (χ4v) is 3.66. The van der Waals surface area contributed by atoms with Crippen molar-refractivity contribution in [1.82, 2.24) is 15.1 Å². The van der Waals surface area contributed by atoms with Gasteiger partial charge in [-0.15, -0.1) is 10.2 Å². The predicted octanol–water partition coefficient (Wildman–Crippen LogP) is 3.96. The molecule has 3 aromatic rings. The summed E-state index contributed by atoms with van der Waals surface area (Å²) in [6.07, 6.45) is 0. The lowest BCUT2D eigenvalue weighted by Crippen LogP contribution is -2.50. The van der Waals surface area contributed by atoms with E-state index in [1.54, 1.807) is 38.2 Å². The SMILES string of the molecule is COc1ccc(-c2ccc(N3CCN(C(=O)Nc4ccc(C)c(F)c4)CC3)nn2)cc1OC. The Labute approximate surface area is 191 Å². The van der Waals surface area contributed by atoms with Gasteiger partial charge in [-0.1, -0.05) is 6.07 Å². The highest BCUT2D eigenvalue weighted by atomic mass is 19.1. The average Bonchev–Trinajstić information content (AvgIpc) is 2.86. The number of piperazine rings is 1. The van der Waals surface area contributed by atoms with Crippen LogP contribution in [0.15, 0.2) is 48.5 Å². The Hall–Kier alpha value is -3.88. The Morgan fingerprint density at radius 3 is 2.33 bits per heavy atom. The molecule has 0 atom stereocenters. The molecule has 8 nitrogen and oxygen atoms in total. The number of anilines is 2. The van der Waals surface area contributed by atoms with Crippen molar-refractivity contribution in [3.8, 4) is 22.8 Å². The van der Waals surface area contributed by atoms with E-state index in [1.807, 2.05) is 30.3 Å². The van der Waals surface area contributed by atoms with Gasteiger partial charge in [0.1, 0.15) is 5.82 Å². The van der Waals surface area contributed by atoms with E-state index < -0.39 is 0 Å². The molecule has 0 aliphatic carbocycles. The number of hydrogen-bond donors (Lipinski definition) is 1. The number of hydrogen-bond acceptors (Lipinski definition) is 6. The summed E-state index contributed by atoms with van der Waals surface area (Å²) >= 11 is 0. The molecule has 172 valence electrons. The minimum atomic E-state index is -0.340. The van der Waals surface area contributed by atoms with Gasteiger partial charge in [-0.25, -0.2) is 9.18 Å². The van der Waals surface area contributed by atoms with E-state index in [0.717, 1.165) is 17.1 Å². The van der Waals surface area contributed by atoms with Crippen molar-refractivity contribution < 1.29 is 18.7 Å². The van der Waals surface area contributed by atoms with Crippen LogP contribution in [-0.4, -0.2) is 61.5 Å². The minimum absolute atomic E-state index is 0.243. The maximum absolute atomic E-state index is 13.7. The van der Waals surface area contributed by atoms with E-state index in [2.05, 4.69) is 20.4 Å². The topological polar surface area (TPSA) is 79.8 Å². The molecule has 1 aliphatic rings. The number of halogens is 1. The highest BCUT2D eigenvalue weighted by molar-refractivity contribution is 5.89. The van der Waals surface area contributed by atoms with Crippen molar-refractivity contribution in [2.24, 2.45) is 0 Å². The third kappa shape index (κ3) is 4.97. The third-order valence-electron chi connectivity index (χ3n) is 5.64. The highest BCUT2D eigenvalue weighted by Gasteiger charge is 2.22. The van der Waals surface area contributed by atoms with Gasteiger partial charge in [0.05, 0.1) is 19.9 Å². The number of carbonyl (C=O) groups is 1. The van der Waals surface area contributed by atoms with Gasteiger partial charge in [-0.3, -0.25) is 0 Å². The second kappa shape index (κ2) is 9.72. The van der Waals surface area contributed by atoms with Gasteiger partial charge < -0.3 is 24.6 Å². The van der Waals surface area contributed by atoms with Crippen LogP contribution in [0.2, 0.25) is 0 Å². The lowest BCUT2D eigenvalue weighted by Gasteiger charge is -2.35. The van der Waals surface area contributed by atoms with E-state index in [9.17, 15) is 9.18 Å². The molecule has 1 fully saturated rings. The number of aryl methyl sites for hydroxylation is 1. The van der Waals surface area contributed by atoms with Crippen LogP contribution in [0.4, 0.5) is 20.7 Å². The maximum atomic E-state index is 13.7. The summed E-state index contributed by atoms with van der Waals surface area (Å²) in [5.74, 6) is 1.69. The fraction of sp³-hybridized carbons (Fsp3) is 0.292. The van der Waals surface area contributed by atoms with Crippen LogP contribution < -0.4 is 19.7 Å². The molecule has 0 bridgehead atoms. The molecule has 9 heteroatoms. The Bertz CT molecular complexity index is 1130. The van der Waals surface area contributed by atoms with Crippen LogP contribution in [0.1, 0.15) is 5.56 Å². The van der Waals surface area contributed by atoms with Gasteiger partial charge in [-0.2, -0.15) is 0 Å². The molecule has 0 spiro atoms. The number of methoxy groups -OCH3 is 2. The van der Waals surface area contributed by atoms with Crippen molar-refractivity contribution in [2.45, 2.75) is 6.92 Å². The standard InChI is InChI=1S/C24H26FN5O3/c1-16-4-6-18(15-19(16)25)26-24(31)30-12-10-29(11-13-30)23-9-7-20(27-28-23)17-5-8-21(32-2)22(14-17)33-3/h4-9,14-15H,10-13H2,1-3H3,(H,26,31). The van der Waals surface area contributed by atoms with Crippen LogP contribution in [-0.2, 0) is 0 Å². The van der Waals surface area contributed by atoms with Gasteiger partial charge in [0.15, 0.2) is 17.3 Å². The summed E-state index contributed by atoms with van der Waals surface area (Å²) in [4.78, 5) is 16.3. The Morgan fingerprint density at radius 1 is 0.939 bits per heavy atom. The molecule has 4 rings (SSSR count). The van der Waals surface area contributed by atoms with Crippen LogP contribution in [0.25, 0.3) is 11.3 Å². The molecular formula is C24H26FN5O3. The van der Waals surface area contributed by atoms with E-state index >= 15 is 0 Å². The van der Waals surface area contributed by atoms with Crippen molar-refractivity contribution in [3.63, 3.8) is 0 Å². The molecular weight excluding hydrogens is 425 g/mol. The summed E-state index contributed by atoms with van der Waals surface area (Å²) in [5, 5.41) is 11.5. The minimum Gasteiger partial charge on any atom is -0.493 e. The van der Waals surface area contributed by atoms with E-state index in [4.69, 9.17) is 9.47 Å². The summed E-state index contributed by atoms with van der Waals surface area (Å²) < 4.78 is 24.4. The normalized spacial score (nSPS) is 13.6. The smallest absolute Gasteiger partial charge is 0.321 e. The molecule has 2 heterocycles. The molecule has 2 aromatic carbocycles. The molecule has 0 saturated carbocycles. The number of nitrogens with one attached hydrogen (secondary N) is 1. The summed E-state index contributed by atoms with van der Waals surface area (Å²) in [6, 6.07) is 13.9. The second-order valence-corrected chi connectivity index (χ2v) is 7.71. The first-order chi connectivity index (χ1) is 16.0. The van der Waals surface area contributed by atoms with Crippen LogP contribution >= 0.6 is 0 Å². The summed E-state index contributed by atoms with van der Waals surface area (Å²) in [7, 11) is 3.19. The largest absolute Gasteiger partial charge is 0.493 e.